The van der Waals surface area contributed by atoms with Gasteiger partial charge >= 0.3 is 0 Å². The average Bonchev–Trinajstić information content (AvgIpc) is 3.19. The van der Waals surface area contributed by atoms with Crippen LogP contribution >= 0.6 is 11.8 Å². The number of amides is 1. The lowest BCUT2D eigenvalue weighted by Crippen LogP contribution is -2.14. The number of hydrogen-bond donors (Lipinski definition) is 1. The number of hydrogen-bond acceptors (Lipinski definition) is 7. The third-order valence-electron chi connectivity index (χ3n) is 4.33. The van der Waals surface area contributed by atoms with Crippen LogP contribution < -0.4 is 10.1 Å². The van der Waals surface area contributed by atoms with E-state index in [4.69, 9.17) is 4.74 Å². The highest BCUT2D eigenvalue weighted by Crippen LogP contribution is 2.23. The number of halogens is 1. The molecule has 0 unspecified atom stereocenters. The van der Waals surface area contributed by atoms with Gasteiger partial charge in [0.05, 0.1) is 18.9 Å². The van der Waals surface area contributed by atoms with Crippen molar-refractivity contribution < 1.29 is 13.9 Å². The summed E-state index contributed by atoms with van der Waals surface area (Å²) in [6.07, 6.45) is 1.39. The van der Waals surface area contributed by atoms with E-state index >= 15 is 0 Å². The average molecular weight is 438 g/mol. The fourth-order valence-corrected chi connectivity index (χ4v) is 3.63. The first-order valence-electron chi connectivity index (χ1n) is 9.57. The van der Waals surface area contributed by atoms with Crippen LogP contribution in [0.15, 0.2) is 59.9 Å². The molecule has 0 fully saturated rings. The standard InChI is InChI=1S/C21H19FN6O2S/c1-2-30-16-9-7-15(8-10-16)25-18(29)12-31-21-19-20(23-13-24-21)28(27-26-19)11-14-5-3-4-6-17(14)22/h3-10,13H,2,11-12H2,1H3,(H,25,29). The van der Waals surface area contributed by atoms with Gasteiger partial charge in [0.25, 0.3) is 0 Å². The Morgan fingerprint density at radius 3 is 2.74 bits per heavy atom. The zero-order valence-corrected chi connectivity index (χ0v) is 17.5. The van der Waals surface area contributed by atoms with Gasteiger partial charge in [-0.1, -0.05) is 35.2 Å². The second-order valence-corrected chi connectivity index (χ2v) is 7.45. The molecule has 158 valence electrons. The molecule has 0 atom stereocenters. The van der Waals surface area contributed by atoms with E-state index in [0.717, 1.165) is 5.75 Å². The number of ether oxygens (including phenoxy) is 1. The van der Waals surface area contributed by atoms with Gasteiger partial charge in [-0.25, -0.2) is 19.0 Å². The Kier molecular flexibility index (Phi) is 6.37. The number of fused-ring (bicyclic) bond motifs is 1. The molecule has 31 heavy (non-hydrogen) atoms. The summed E-state index contributed by atoms with van der Waals surface area (Å²) >= 11 is 1.23. The molecule has 0 aliphatic rings. The van der Waals surface area contributed by atoms with E-state index in [1.54, 1.807) is 42.5 Å². The van der Waals surface area contributed by atoms with Crippen LogP contribution in [0.5, 0.6) is 5.75 Å². The van der Waals surface area contributed by atoms with Crippen molar-refractivity contribution in [2.75, 3.05) is 17.7 Å². The fraction of sp³-hybridized carbons (Fsp3) is 0.190. The van der Waals surface area contributed by atoms with Crippen molar-refractivity contribution >= 4 is 34.5 Å². The van der Waals surface area contributed by atoms with Gasteiger partial charge in [0.2, 0.25) is 5.91 Å². The lowest BCUT2D eigenvalue weighted by molar-refractivity contribution is -0.113. The topological polar surface area (TPSA) is 94.8 Å². The lowest BCUT2D eigenvalue weighted by Gasteiger charge is -2.07. The van der Waals surface area contributed by atoms with E-state index in [2.05, 4.69) is 25.6 Å². The number of rotatable bonds is 8. The first kappa shape index (κ1) is 20.7. The Morgan fingerprint density at radius 1 is 1.16 bits per heavy atom. The molecule has 0 saturated carbocycles. The van der Waals surface area contributed by atoms with Crippen LogP contribution in [0.3, 0.4) is 0 Å². The van der Waals surface area contributed by atoms with Crippen molar-refractivity contribution in [1.82, 2.24) is 25.0 Å². The maximum Gasteiger partial charge on any atom is 0.234 e. The molecular formula is C21H19FN6O2S. The number of aromatic nitrogens is 5. The van der Waals surface area contributed by atoms with E-state index in [-0.39, 0.29) is 24.0 Å². The highest BCUT2D eigenvalue weighted by molar-refractivity contribution is 8.00. The van der Waals surface area contributed by atoms with Gasteiger partial charge in [-0.15, -0.1) is 5.10 Å². The first-order chi connectivity index (χ1) is 15.1. The summed E-state index contributed by atoms with van der Waals surface area (Å²) in [5.74, 6) is 0.386. The Labute approximate surface area is 181 Å². The molecule has 2 aromatic heterocycles. The van der Waals surface area contributed by atoms with Crippen molar-refractivity contribution in [3.05, 3.63) is 66.2 Å². The number of nitrogens with zero attached hydrogens (tertiary/aromatic N) is 5. The molecule has 0 aliphatic heterocycles. The smallest absolute Gasteiger partial charge is 0.234 e. The minimum Gasteiger partial charge on any atom is -0.494 e. The Balaban J connectivity index is 1.42. The van der Waals surface area contributed by atoms with Gasteiger partial charge in [0.1, 0.15) is 22.9 Å². The van der Waals surface area contributed by atoms with Gasteiger partial charge < -0.3 is 10.1 Å². The van der Waals surface area contributed by atoms with Crippen molar-refractivity contribution in [2.45, 2.75) is 18.5 Å². The largest absolute Gasteiger partial charge is 0.494 e. The monoisotopic (exact) mass is 438 g/mol. The van der Waals surface area contributed by atoms with E-state index in [1.807, 2.05) is 6.92 Å². The molecule has 10 heteroatoms. The number of carbonyl (C=O) groups is 1. The highest BCUT2D eigenvalue weighted by atomic mass is 32.2. The summed E-state index contributed by atoms with van der Waals surface area (Å²) in [5.41, 5.74) is 2.11. The molecule has 4 aromatic rings. The number of benzene rings is 2. The Hall–Kier alpha value is -3.53. The van der Waals surface area contributed by atoms with Crippen LogP contribution in [0.25, 0.3) is 11.2 Å². The third kappa shape index (κ3) is 4.97. The molecule has 0 radical (unpaired) electrons. The van der Waals surface area contributed by atoms with Crippen molar-refractivity contribution in [3.8, 4) is 5.75 Å². The SMILES string of the molecule is CCOc1ccc(NC(=O)CSc2ncnc3c2nnn3Cc2ccccc2F)cc1. The minimum absolute atomic E-state index is 0.138. The van der Waals surface area contributed by atoms with Gasteiger partial charge in [-0.05, 0) is 37.3 Å². The number of carbonyl (C=O) groups excluding carboxylic acids is 1. The second kappa shape index (κ2) is 9.52. The normalized spacial score (nSPS) is 10.9. The molecule has 8 nitrogen and oxygen atoms in total. The van der Waals surface area contributed by atoms with Crippen LogP contribution in [0.1, 0.15) is 12.5 Å². The molecule has 1 N–H and O–H groups in total. The van der Waals surface area contributed by atoms with Crippen LogP contribution in [-0.4, -0.2) is 43.2 Å². The molecule has 0 bridgehead atoms. The van der Waals surface area contributed by atoms with Crippen molar-refractivity contribution in [1.29, 1.82) is 0 Å². The van der Waals surface area contributed by atoms with E-state index in [9.17, 15) is 9.18 Å². The molecule has 1 amide bonds. The van der Waals surface area contributed by atoms with Crippen molar-refractivity contribution in [2.24, 2.45) is 0 Å². The zero-order chi connectivity index (χ0) is 21.6. The molecule has 2 heterocycles. The van der Waals surface area contributed by atoms with Gasteiger partial charge in [-0.2, -0.15) is 0 Å². The van der Waals surface area contributed by atoms with E-state index in [0.29, 0.717) is 34.0 Å². The lowest BCUT2D eigenvalue weighted by atomic mass is 10.2. The highest BCUT2D eigenvalue weighted by Gasteiger charge is 2.15. The predicted octanol–water partition coefficient (Wildman–Crippen LogP) is 3.54. The van der Waals surface area contributed by atoms with Gasteiger partial charge in [0.15, 0.2) is 11.2 Å². The summed E-state index contributed by atoms with van der Waals surface area (Å²) in [6.45, 7) is 2.69. The molecule has 0 aliphatic carbocycles. The summed E-state index contributed by atoms with van der Waals surface area (Å²) in [4.78, 5) is 20.8. The first-order valence-corrected chi connectivity index (χ1v) is 10.6. The Morgan fingerprint density at radius 2 is 1.97 bits per heavy atom. The van der Waals surface area contributed by atoms with Gasteiger partial charge in [0, 0.05) is 11.3 Å². The number of nitrogens with one attached hydrogen (secondary N) is 1. The van der Waals surface area contributed by atoms with E-state index in [1.165, 1.54) is 28.8 Å². The molecule has 2 aromatic carbocycles. The molecule has 0 saturated heterocycles. The number of anilines is 1. The summed E-state index contributed by atoms with van der Waals surface area (Å²) in [5, 5.41) is 11.6. The van der Waals surface area contributed by atoms with Crippen LogP contribution in [0.2, 0.25) is 0 Å². The van der Waals surface area contributed by atoms with Gasteiger partial charge in [-0.3, -0.25) is 4.79 Å². The summed E-state index contributed by atoms with van der Waals surface area (Å²) in [6, 6.07) is 13.6. The zero-order valence-electron chi connectivity index (χ0n) is 16.7. The number of thioether (sulfide) groups is 1. The minimum atomic E-state index is -0.319. The Bertz CT molecular complexity index is 1200. The second-order valence-electron chi connectivity index (χ2n) is 6.48. The summed E-state index contributed by atoms with van der Waals surface area (Å²) in [7, 11) is 0. The van der Waals surface area contributed by atoms with Crippen LogP contribution in [0, 0.1) is 5.82 Å². The molecular weight excluding hydrogens is 419 g/mol. The predicted molar refractivity (Wildman–Crippen MR) is 116 cm³/mol. The third-order valence-corrected chi connectivity index (χ3v) is 5.31. The van der Waals surface area contributed by atoms with Crippen LogP contribution in [0.4, 0.5) is 10.1 Å². The quantitative estimate of drug-likeness (QED) is 0.332. The van der Waals surface area contributed by atoms with Crippen molar-refractivity contribution in [3.63, 3.8) is 0 Å². The fourth-order valence-electron chi connectivity index (χ4n) is 2.90. The van der Waals surface area contributed by atoms with E-state index < -0.39 is 0 Å². The van der Waals surface area contributed by atoms with Crippen LogP contribution in [-0.2, 0) is 11.3 Å². The summed E-state index contributed by atoms with van der Waals surface area (Å²) < 4.78 is 20.9. The molecule has 4 rings (SSSR count). The molecule has 0 spiro atoms. The maximum atomic E-state index is 14.0. The maximum absolute atomic E-state index is 14.0.